The summed E-state index contributed by atoms with van der Waals surface area (Å²) >= 11 is 5.79. The van der Waals surface area contributed by atoms with E-state index in [-0.39, 0.29) is 6.42 Å². The molecule has 0 aliphatic carbocycles. The number of hydrogen-bond acceptors (Lipinski definition) is 5. The molecule has 1 aromatic heterocycles. The molecular formula is C17H19ClN2O4. The van der Waals surface area contributed by atoms with Gasteiger partial charge in [0, 0.05) is 22.7 Å². The monoisotopic (exact) mass is 350 g/mol. The van der Waals surface area contributed by atoms with E-state index < -0.39 is 18.0 Å². The third kappa shape index (κ3) is 4.83. The quantitative estimate of drug-likeness (QED) is 0.807. The van der Waals surface area contributed by atoms with Gasteiger partial charge in [0.1, 0.15) is 5.76 Å². The van der Waals surface area contributed by atoms with Crippen LogP contribution in [0.5, 0.6) is 0 Å². The summed E-state index contributed by atoms with van der Waals surface area (Å²) in [7, 11) is 0. The van der Waals surface area contributed by atoms with E-state index in [9.17, 15) is 9.59 Å². The van der Waals surface area contributed by atoms with Gasteiger partial charge in [0.2, 0.25) is 0 Å². The van der Waals surface area contributed by atoms with Gasteiger partial charge in [-0.2, -0.15) is 0 Å². The number of halogens is 1. The van der Waals surface area contributed by atoms with Gasteiger partial charge in [-0.1, -0.05) is 16.8 Å². The smallest absolute Gasteiger partial charge is 0.306 e. The Balaban J connectivity index is 1.82. The van der Waals surface area contributed by atoms with E-state index in [1.54, 1.807) is 31.2 Å². The number of amides is 1. The summed E-state index contributed by atoms with van der Waals surface area (Å²) in [5.41, 5.74) is 2.24. The van der Waals surface area contributed by atoms with Crippen LogP contribution in [-0.4, -0.2) is 23.1 Å². The van der Waals surface area contributed by atoms with Crippen molar-refractivity contribution in [3.8, 4) is 0 Å². The van der Waals surface area contributed by atoms with Crippen LogP contribution in [0, 0.1) is 13.8 Å². The lowest BCUT2D eigenvalue weighted by molar-refractivity contribution is -0.153. The van der Waals surface area contributed by atoms with E-state index in [0.29, 0.717) is 22.9 Å². The zero-order chi connectivity index (χ0) is 17.7. The van der Waals surface area contributed by atoms with Crippen molar-refractivity contribution < 1.29 is 18.8 Å². The van der Waals surface area contributed by atoms with Crippen molar-refractivity contribution >= 4 is 29.2 Å². The normalized spacial score (nSPS) is 11.8. The zero-order valence-corrected chi connectivity index (χ0v) is 14.5. The van der Waals surface area contributed by atoms with Crippen LogP contribution in [0.1, 0.15) is 30.4 Å². The Hall–Kier alpha value is -2.34. The number of carbonyl (C=O) groups is 2. The summed E-state index contributed by atoms with van der Waals surface area (Å²) in [6, 6.07) is 6.67. The van der Waals surface area contributed by atoms with Gasteiger partial charge in [0.15, 0.2) is 6.10 Å². The predicted octanol–water partition coefficient (Wildman–Crippen LogP) is 3.45. The molecule has 0 saturated carbocycles. The number of anilines is 1. The van der Waals surface area contributed by atoms with Crippen LogP contribution in [0.15, 0.2) is 28.8 Å². The zero-order valence-electron chi connectivity index (χ0n) is 13.8. The molecule has 1 aromatic carbocycles. The summed E-state index contributed by atoms with van der Waals surface area (Å²) in [6.45, 7) is 5.14. The molecule has 1 atom stereocenters. The van der Waals surface area contributed by atoms with Crippen LogP contribution in [-0.2, 0) is 20.7 Å². The standard InChI is InChI=1S/C17H19ClN2O4/c1-10-15(11(2)24-20-10)8-9-16(21)23-12(3)17(22)19-14-6-4-13(18)5-7-14/h4-7,12H,8-9H2,1-3H3,(H,19,22)/t12-/m1/s1. The minimum Gasteiger partial charge on any atom is -0.453 e. The number of aromatic nitrogens is 1. The molecular weight excluding hydrogens is 332 g/mol. The van der Waals surface area contributed by atoms with E-state index in [4.69, 9.17) is 20.9 Å². The molecule has 24 heavy (non-hydrogen) atoms. The van der Waals surface area contributed by atoms with Crippen molar-refractivity contribution in [2.45, 2.75) is 39.7 Å². The second-order valence-corrected chi connectivity index (χ2v) is 5.87. The third-order valence-electron chi connectivity index (χ3n) is 3.55. The third-order valence-corrected chi connectivity index (χ3v) is 3.80. The number of benzene rings is 1. The Labute approximate surface area is 145 Å². The molecule has 0 bridgehead atoms. The summed E-state index contributed by atoms with van der Waals surface area (Å²) < 4.78 is 10.2. The predicted molar refractivity (Wildman–Crippen MR) is 89.9 cm³/mol. The lowest BCUT2D eigenvalue weighted by Crippen LogP contribution is -2.30. The highest BCUT2D eigenvalue weighted by atomic mass is 35.5. The number of rotatable bonds is 6. The van der Waals surface area contributed by atoms with Crippen LogP contribution in [0.3, 0.4) is 0 Å². The van der Waals surface area contributed by atoms with Gasteiger partial charge < -0.3 is 14.6 Å². The Kier molecular flexibility index (Phi) is 5.98. The average molecular weight is 351 g/mol. The molecule has 1 heterocycles. The fourth-order valence-corrected chi connectivity index (χ4v) is 2.30. The molecule has 0 aliphatic rings. The van der Waals surface area contributed by atoms with Crippen LogP contribution in [0.25, 0.3) is 0 Å². The molecule has 6 nitrogen and oxygen atoms in total. The Bertz CT molecular complexity index is 705. The summed E-state index contributed by atoms with van der Waals surface area (Å²) in [6.07, 6.45) is -0.273. The van der Waals surface area contributed by atoms with Crippen molar-refractivity contribution in [2.75, 3.05) is 5.32 Å². The molecule has 7 heteroatoms. The van der Waals surface area contributed by atoms with E-state index >= 15 is 0 Å². The first-order valence-corrected chi connectivity index (χ1v) is 7.92. The highest BCUT2D eigenvalue weighted by molar-refractivity contribution is 6.30. The van der Waals surface area contributed by atoms with Gasteiger partial charge in [-0.05, 0) is 51.5 Å². The first kappa shape index (κ1) is 18.0. The van der Waals surface area contributed by atoms with Gasteiger partial charge in [-0.3, -0.25) is 9.59 Å². The number of esters is 1. The fraction of sp³-hybridized carbons (Fsp3) is 0.353. The Morgan fingerprint density at radius 1 is 1.29 bits per heavy atom. The van der Waals surface area contributed by atoms with Gasteiger partial charge >= 0.3 is 5.97 Å². The Morgan fingerprint density at radius 3 is 2.54 bits per heavy atom. The largest absolute Gasteiger partial charge is 0.453 e. The molecule has 0 saturated heterocycles. The lowest BCUT2D eigenvalue weighted by Gasteiger charge is -2.13. The highest BCUT2D eigenvalue weighted by Gasteiger charge is 2.19. The molecule has 128 valence electrons. The number of aryl methyl sites for hydroxylation is 2. The summed E-state index contributed by atoms with van der Waals surface area (Å²) in [4.78, 5) is 23.9. The van der Waals surface area contributed by atoms with Gasteiger partial charge in [0.05, 0.1) is 5.69 Å². The second kappa shape index (κ2) is 7.97. The Morgan fingerprint density at radius 2 is 1.96 bits per heavy atom. The van der Waals surface area contributed by atoms with Gasteiger partial charge in [-0.25, -0.2) is 0 Å². The summed E-state index contributed by atoms with van der Waals surface area (Å²) in [5, 5.41) is 7.07. The number of carbonyl (C=O) groups excluding carboxylic acids is 2. The van der Waals surface area contributed by atoms with E-state index in [1.165, 1.54) is 6.92 Å². The maximum atomic E-state index is 12.0. The van der Waals surface area contributed by atoms with E-state index in [2.05, 4.69) is 10.5 Å². The minimum atomic E-state index is -0.891. The lowest BCUT2D eigenvalue weighted by atomic mass is 10.1. The van der Waals surface area contributed by atoms with Gasteiger partial charge in [0.25, 0.3) is 5.91 Å². The molecule has 0 radical (unpaired) electrons. The van der Waals surface area contributed by atoms with Crippen molar-refractivity contribution in [1.82, 2.24) is 5.16 Å². The minimum absolute atomic E-state index is 0.154. The number of nitrogens with zero attached hydrogens (tertiary/aromatic N) is 1. The molecule has 0 fully saturated rings. The molecule has 1 amide bonds. The van der Waals surface area contributed by atoms with Crippen molar-refractivity contribution in [3.63, 3.8) is 0 Å². The highest BCUT2D eigenvalue weighted by Crippen LogP contribution is 2.16. The maximum absolute atomic E-state index is 12.0. The average Bonchev–Trinajstić information content (AvgIpc) is 2.86. The fourth-order valence-electron chi connectivity index (χ4n) is 2.17. The van der Waals surface area contributed by atoms with Crippen LogP contribution in [0.2, 0.25) is 5.02 Å². The topological polar surface area (TPSA) is 81.4 Å². The molecule has 0 spiro atoms. The first-order valence-electron chi connectivity index (χ1n) is 7.54. The van der Waals surface area contributed by atoms with E-state index in [0.717, 1.165) is 11.3 Å². The van der Waals surface area contributed by atoms with Crippen molar-refractivity contribution in [1.29, 1.82) is 0 Å². The van der Waals surface area contributed by atoms with Crippen LogP contribution >= 0.6 is 11.6 Å². The molecule has 0 unspecified atom stereocenters. The van der Waals surface area contributed by atoms with Crippen LogP contribution < -0.4 is 5.32 Å². The number of ether oxygens (including phenoxy) is 1. The molecule has 2 aromatic rings. The molecule has 2 rings (SSSR count). The van der Waals surface area contributed by atoms with E-state index in [1.807, 2.05) is 6.92 Å². The van der Waals surface area contributed by atoms with Crippen molar-refractivity contribution in [3.05, 3.63) is 46.3 Å². The number of nitrogens with one attached hydrogen (secondary N) is 1. The number of hydrogen-bond donors (Lipinski definition) is 1. The first-order chi connectivity index (χ1) is 11.4. The van der Waals surface area contributed by atoms with Crippen molar-refractivity contribution in [2.24, 2.45) is 0 Å². The summed E-state index contributed by atoms with van der Waals surface area (Å²) in [5.74, 6) is -0.161. The molecule has 0 aliphatic heterocycles. The second-order valence-electron chi connectivity index (χ2n) is 5.43. The molecule has 1 N–H and O–H groups in total. The van der Waals surface area contributed by atoms with Gasteiger partial charge in [-0.15, -0.1) is 0 Å². The SMILES string of the molecule is Cc1noc(C)c1CCC(=O)O[C@H](C)C(=O)Nc1ccc(Cl)cc1. The van der Waals surface area contributed by atoms with Crippen LogP contribution in [0.4, 0.5) is 5.69 Å². The maximum Gasteiger partial charge on any atom is 0.306 e.